The zero-order valence-corrected chi connectivity index (χ0v) is 35.5. The van der Waals surface area contributed by atoms with Crippen LogP contribution in [0.4, 0.5) is 0 Å². The average molecular weight is 794 g/mol. The first kappa shape index (κ1) is 37.0. The molecule has 0 saturated carbocycles. The second-order valence-electron chi connectivity index (χ2n) is 19.0. The predicted octanol–water partition coefficient (Wildman–Crippen LogP) is 14.5. The van der Waals surface area contributed by atoms with Crippen molar-refractivity contribution in [1.82, 2.24) is 23.9 Å². The Morgan fingerprint density at radius 2 is 1.26 bits per heavy atom. The van der Waals surface area contributed by atoms with E-state index in [9.17, 15) is 0 Å². The summed E-state index contributed by atoms with van der Waals surface area (Å²) in [4.78, 5) is 15.2. The van der Waals surface area contributed by atoms with Crippen LogP contribution in [-0.4, -0.2) is 23.9 Å². The number of benzene rings is 6. The molecule has 0 unspecified atom stereocenters. The maximum Gasteiger partial charge on any atom is 0.221 e. The summed E-state index contributed by atoms with van der Waals surface area (Å²) in [6.45, 7) is 13.7. The van der Waals surface area contributed by atoms with Crippen LogP contribution < -0.4 is 0 Å². The first-order chi connectivity index (χ1) is 29.5. The number of pyridine rings is 2. The number of hydrogen-bond donors (Lipinski definition) is 0. The van der Waals surface area contributed by atoms with Gasteiger partial charge in [0.05, 0.1) is 27.8 Å². The van der Waals surface area contributed by atoms with Gasteiger partial charge >= 0.3 is 0 Å². The van der Waals surface area contributed by atoms with Crippen LogP contribution in [0.3, 0.4) is 0 Å². The smallest absolute Gasteiger partial charge is 0.221 e. The van der Waals surface area contributed by atoms with Crippen LogP contribution in [0.1, 0.15) is 52.7 Å². The molecule has 0 radical (unpaired) electrons. The molecule has 61 heavy (non-hydrogen) atoms. The Morgan fingerprint density at radius 1 is 0.525 bits per heavy atom. The fourth-order valence-electron chi connectivity index (χ4n) is 9.38. The summed E-state index contributed by atoms with van der Waals surface area (Å²) in [5.74, 6) is 1.70. The Labute approximate surface area is 355 Å². The number of fused-ring (bicyclic) bond motifs is 10. The summed E-state index contributed by atoms with van der Waals surface area (Å²) in [6.07, 6.45) is 5.83. The Morgan fingerprint density at radius 3 is 2.10 bits per heavy atom. The average Bonchev–Trinajstić information content (AvgIpc) is 3.91. The van der Waals surface area contributed by atoms with Crippen LogP contribution in [0.25, 0.3) is 99.9 Å². The number of furan rings is 1. The van der Waals surface area contributed by atoms with Crippen LogP contribution >= 0.6 is 0 Å². The van der Waals surface area contributed by atoms with Crippen molar-refractivity contribution in [3.63, 3.8) is 0 Å². The van der Waals surface area contributed by atoms with E-state index in [1.807, 2.05) is 24.5 Å². The van der Waals surface area contributed by atoms with Gasteiger partial charge < -0.3 is 4.42 Å². The summed E-state index contributed by atoms with van der Waals surface area (Å²) < 4.78 is 11.3. The molecule has 0 fully saturated rings. The van der Waals surface area contributed by atoms with Gasteiger partial charge in [-0.05, 0) is 128 Å². The van der Waals surface area contributed by atoms with Gasteiger partial charge in [-0.1, -0.05) is 120 Å². The van der Waals surface area contributed by atoms with Gasteiger partial charge in [0.15, 0.2) is 0 Å². The first-order valence-corrected chi connectivity index (χ1v) is 21.3. The number of nitrogens with zero attached hydrogens (tertiary/aromatic N) is 5. The summed E-state index contributed by atoms with van der Waals surface area (Å²) in [5.41, 5.74) is 15.1. The second kappa shape index (κ2) is 13.7. The van der Waals surface area contributed by atoms with Crippen molar-refractivity contribution in [3.8, 4) is 39.3 Å². The maximum atomic E-state index is 6.76. The van der Waals surface area contributed by atoms with Crippen molar-refractivity contribution in [3.05, 3.63) is 163 Å². The van der Waals surface area contributed by atoms with Gasteiger partial charge in [-0.3, -0.25) is 14.0 Å². The molecule has 0 aliphatic heterocycles. The molecule has 0 atom stereocenters. The minimum atomic E-state index is 0.134. The second-order valence-corrected chi connectivity index (χ2v) is 19.0. The van der Waals surface area contributed by atoms with Crippen molar-refractivity contribution in [2.24, 2.45) is 10.8 Å². The fraction of sp³-hybridized carbons (Fsp3) is 0.182. The van der Waals surface area contributed by atoms with Gasteiger partial charge in [-0.25, -0.2) is 9.97 Å². The largest absolute Gasteiger partial charge is 0.455 e. The van der Waals surface area contributed by atoms with Crippen LogP contribution in [0, 0.1) is 10.8 Å². The van der Waals surface area contributed by atoms with Crippen molar-refractivity contribution >= 4 is 60.6 Å². The highest BCUT2D eigenvalue weighted by Gasteiger charge is 2.23. The number of aromatic nitrogens is 5. The van der Waals surface area contributed by atoms with E-state index in [0.717, 1.165) is 113 Å². The van der Waals surface area contributed by atoms with Gasteiger partial charge in [-0.15, -0.1) is 0 Å². The van der Waals surface area contributed by atoms with E-state index in [1.54, 1.807) is 0 Å². The van der Waals surface area contributed by atoms with E-state index in [0.29, 0.717) is 0 Å². The number of imidazole rings is 2. The van der Waals surface area contributed by atoms with E-state index in [2.05, 4.69) is 178 Å². The molecule has 0 spiro atoms. The summed E-state index contributed by atoms with van der Waals surface area (Å²) in [7, 11) is 0. The molecule has 0 aliphatic rings. The molecule has 0 aliphatic carbocycles. The lowest BCUT2D eigenvalue weighted by Gasteiger charge is -2.18. The quantitative estimate of drug-likeness (QED) is 0.168. The van der Waals surface area contributed by atoms with Gasteiger partial charge in [0.1, 0.15) is 17.0 Å². The SMILES string of the molecule is CC(C)(C)Cc1ccc(-c2ccnc(-c3cc4c(-c5ccc6c(c5)n(-c5cc(CC(C)(C)C)ccn5)c5nc7ccccc7n65)cccc4c4c3oc3ccccc34)c2)cc1. The van der Waals surface area contributed by atoms with Gasteiger partial charge in [0, 0.05) is 28.7 Å². The van der Waals surface area contributed by atoms with Crippen molar-refractivity contribution < 1.29 is 4.42 Å². The Balaban J connectivity index is 1.13. The summed E-state index contributed by atoms with van der Waals surface area (Å²) >= 11 is 0. The fourth-order valence-corrected chi connectivity index (χ4v) is 9.38. The third-order valence-corrected chi connectivity index (χ3v) is 11.8. The lowest BCUT2D eigenvalue weighted by atomic mass is 9.87. The standard InChI is InChI=1S/C55H47N5O/c1-54(2,3)32-34-18-20-36(21-19-34)37-25-27-56-45(29-37)43-31-42-39(13-11-14-40(42)51-41-12-7-10-17-49(41)61-52(43)51)38-22-23-47-48(30-38)60(50-28-35(24-26-57-50)33-55(4,5)6)53-58-44-15-8-9-16-46(44)59(47)53/h7-31H,32-33H2,1-6H3. The normalized spacial score (nSPS) is 12.6. The highest BCUT2D eigenvalue weighted by atomic mass is 16.3. The van der Waals surface area contributed by atoms with Crippen molar-refractivity contribution in [2.75, 3.05) is 0 Å². The minimum Gasteiger partial charge on any atom is -0.455 e. The molecule has 5 heterocycles. The maximum absolute atomic E-state index is 6.76. The van der Waals surface area contributed by atoms with E-state index in [4.69, 9.17) is 19.4 Å². The third kappa shape index (κ3) is 6.45. The van der Waals surface area contributed by atoms with Crippen molar-refractivity contribution in [1.29, 1.82) is 0 Å². The molecule has 11 aromatic rings. The van der Waals surface area contributed by atoms with Crippen LogP contribution in [0.15, 0.2) is 156 Å². The molecule has 0 amide bonds. The Kier molecular flexibility index (Phi) is 8.34. The van der Waals surface area contributed by atoms with E-state index >= 15 is 0 Å². The summed E-state index contributed by atoms with van der Waals surface area (Å²) in [5, 5.41) is 4.46. The predicted molar refractivity (Wildman–Crippen MR) is 253 cm³/mol. The van der Waals surface area contributed by atoms with E-state index in [1.165, 1.54) is 11.1 Å². The molecule has 0 bridgehead atoms. The van der Waals surface area contributed by atoms with Crippen LogP contribution in [0.5, 0.6) is 0 Å². The van der Waals surface area contributed by atoms with Crippen molar-refractivity contribution in [2.45, 2.75) is 54.4 Å². The lowest BCUT2D eigenvalue weighted by molar-refractivity contribution is 0.411. The topological polar surface area (TPSA) is 61.2 Å². The van der Waals surface area contributed by atoms with E-state index < -0.39 is 0 Å². The monoisotopic (exact) mass is 793 g/mol. The molecule has 11 rings (SSSR count). The van der Waals surface area contributed by atoms with Gasteiger partial charge in [-0.2, -0.15) is 0 Å². The highest BCUT2D eigenvalue weighted by Crippen LogP contribution is 2.44. The zero-order valence-electron chi connectivity index (χ0n) is 35.5. The molecule has 298 valence electrons. The molecule has 0 N–H and O–H groups in total. The molecule has 6 heteroatoms. The number of para-hydroxylation sites is 3. The minimum absolute atomic E-state index is 0.134. The van der Waals surface area contributed by atoms with Gasteiger partial charge in [0.25, 0.3) is 0 Å². The lowest BCUT2D eigenvalue weighted by Crippen LogP contribution is -2.10. The van der Waals surface area contributed by atoms with E-state index in [-0.39, 0.29) is 10.8 Å². The molecular formula is C55H47N5O. The Hall–Kier alpha value is -7.05. The number of rotatable bonds is 6. The number of hydrogen-bond acceptors (Lipinski definition) is 4. The van der Waals surface area contributed by atoms with Crippen LogP contribution in [-0.2, 0) is 12.8 Å². The molecule has 6 nitrogen and oxygen atoms in total. The van der Waals surface area contributed by atoms with Gasteiger partial charge in [0.2, 0.25) is 5.78 Å². The first-order valence-electron chi connectivity index (χ1n) is 21.3. The summed E-state index contributed by atoms with van der Waals surface area (Å²) in [6, 6.07) is 50.1. The third-order valence-electron chi connectivity index (χ3n) is 11.8. The molecular weight excluding hydrogens is 747 g/mol. The zero-order chi connectivity index (χ0) is 41.6. The Bertz CT molecular complexity index is 3500. The van der Waals surface area contributed by atoms with Crippen LogP contribution in [0.2, 0.25) is 0 Å². The highest BCUT2D eigenvalue weighted by molar-refractivity contribution is 6.24. The molecule has 5 aromatic heterocycles. The molecule has 6 aromatic carbocycles. The molecule has 0 saturated heterocycles.